The number of hydrogen-bond donors (Lipinski definition) is 2. The van der Waals surface area contributed by atoms with Gasteiger partial charge in [0.15, 0.2) is 0 Å². The molecule has 2 fully saturated rings. The van der Waals surface area contributed by atoms with Crippen LogP contribution in [-0.2, 0) is 4.74 Å². The molecule has 0 aliphatic heterocycles. The Morgan fingerprint density at radius 2 is 2.06 bits per heavy atom. The lowest BCUT2D eigenvalue weighted by atomic mass is 9.69. The van der Waals surface area contributed by atoms with Crippen LogP contribution in [0.15, 0.2) is 0 Å². The second-order valence-electron chi connectivity index (χ2n) is 6.81. The van der Waals surface area contributed by atoms with E-state index in [4.69, 9.17) is 9.84 Å². The standard InChI is InChI=1S/C15H29NO2/c1-14(2)12-5-6-15(14,3)13(11-12)16-7-4-9-18-10-8-17/h12-13,16-17H,4-11H2,1-3H3. The molecule has 106 valence electrons. The van der Waals surface area contributed by atoms with Gasteiger partial charge in [0, 0.05) is 12.6 Å². The Kier molecular flexibility index (Phi) is 4.35. The number of rotatable bonds is 7. The van der Waals surface area contributed by atoms with Crippen molar-refractivity contribution in [1.82, 2.24) is 5.32 Å². The van der Waals surface area contributed by atoms with Crippen LogP contribution in [0.25, 0.3) is 0 Å². The van der Waals surface area contributed by atoms with Gasteiger partial charge in [-0.3, -0.25) is 0 Å². The van der Waals surface area contributed by atoms with E-state index in [-0.39, 0.29) is 6.61 Å². The minimum atomic E-state index is 0.129. The highest BCUT2D eigenvalue weighted by Crippen LogP contribution is 2.65. The van der Waals surface area contributed by atoms with Crippen LogP contribution in [0, 0.1) is 16.7 Å². The average Bonchev–Trinajstić information content (AvgIpc) is 2.66. The van der Waals surface area contributed by atoms with Gasteiger partial charge in [-0.2, -0.15) is 0 Å². The predicted octanol–water partition coefficient (Wildman–Crippen LogP) is 2.19. The Labute approximate surface area is 111 Å². The monoisotopic (exact) mass is 255 g/mol. The first-order chi connectivity index (χ1) is 8.52. The number of aliphatic hydroxyl groups is 1. The van der Waals surface area contributed by atoms with Crippen LogP contribution in [-0.4, -0.2) is 37.5 Å². The van der Waals surface area contributed by atoms with E-state index in [1.807, 2.05) is 0 Å². The van der Waals surface area contributed by atoms with Crippen molar-refractivity contribution in [3.05, 3.63) is 0 Å². The predicted molar refractivity (Wildman–Crippen MR) is 73.5 cm³/mol. The summed E-state index contributed by atoms with van der Waals surface area (Å²) in [7, 11) is 0. The van der Waals surface area contributed by atoms with Crippen molar-refractivity contribution in [3.8, 4) is 0 Å². The first-order valence-electron chi connectivity index (χ1n) is 7.44. The Morgan fingerprint density at radius 1 is 1.28 bits per heavy atom. The summed E-state index contributed by atoms with van der Waals surface area (Å²) in [4.78, 5) is 0. The average molecular weight is 255 g/mol. The summed E-state index contributed by atoms with van der Waals surface area (Å²) in [6.45, 7) is 9.77. The molecule has 0 radical (unpaired) electrons. The van der Waals surface area contributed by atoms with Gasteiger partial charge in [0.25, 0.3) is 0 Å². The van der Waals surface area contributed by atoms with Crippen LogP contribution in [0.4, 0.5) is 0 Å². The Hall–Kier alpha value is -0.120. The molecule has 0 aromatic rings. The zero-order valence-corrected chi connectivity index (χ0v) is 12.2. The zero-order chi connectivity index (χ0) is 13.2. The molecule has 2 aliphatic carbocycles. The van der Waals surface area contributed by atoms with E-state index in [0.29, 0.717) is 23.5 Å². The van der Waals surface area contributed by atoms with Gasteiger partial charge in [-0.25, -0.2) is 0 Å². The van der Waals surface area contributed by atoms with Crippen molar-refractivity contribution in [1.29, 1.82) is 0 Å². The second-order valence-corrected chi connectivity index (χ2v) is 6.81. The topological polar surface area (TPSA) is 41.5 Å². The van der Waals surface area contributed by atoms with Gasteiger partial charge in [-0.1, -0.05) is 20.8 Å². The van der Waals surface area contributed by atoms with E-state index in [0.717, 1.165) is 25.5 Å². The minimum Gasteiger partial charge on any atom is -0.394 e. The molecule has 2 N–H and O–H groups in total. The van der Waals surface area contributed by atoms with Gasteiger partial charge >= 0.3 is 0 Å². The Bertz CT molecular complexity index is 280. The van der Waals surface area contributed by atoms with Gasteiger partial charge in [0.05, 0.1) is 13.2 Å². The Morgan fingerprint density at radius 3 is 2.61 bits per heavy atom. The molecule has 3 heteroatoms. The summed E-state index contributed by atoms with van der Waals surface area (Å²) in [6.07, 6.45) is 5.18. The van der Waals surface area contributed by atoms with Gasteiger partial charge in [-0.15, -0.1) is 0 Å². The lowest BCUT2D eigenvalue weighted by Gasteiger charge is -2.39. The molecule has 0 amide bonds. The van der Waals surface area contributed by atoms with E-state index in [2.05, 4.69) is 26.1 Å². The Balaban J connectivity index is 1.72. The summed E-state index contributed by atoms with van der Waals surface area (Å²) in [5.41, 5.74) is 0.974. The lowest BCUT2D eigenvalue weighted by molar-refractivity contribution is 0.0869. The van der Waals surface area contributed by atoms with Crippen molar-refractivity contribution in [3.63, 3.8) is 0 Å². The van der Waals surface area contributed by atoms with Crippen LogP contribution >= 0.6 is 0 Å². The molecule has 18 heavy (non-hydrogen) atoms. The summed E-state index contributed by atoms with van der Waals surface area (Å²) in [6, 6.07) is 0.684. The summed E-state index contributed by atoms with van der Waals surface area (Å²) >= 11 is 0. The van der Waals surface area contributed by atoms with Crippen LogP contribution in [0.3, 0.4) is 0 Å². The molecule has 0 spiro atoms. The molecule has 2 saturated carbocycles. The number of aliphatic hydroxyl groups excluding tert-OH is 1. The van der Waals surface area contributed by atoms with Gasteiger partial charge in [-0.05, 0) is 49.0 Å². The summed E-state index contributed by atoms with van der Waals surface area (Å²) in [5, 5.41) is 12.4. The molecule has 0 aromatic carbocycles. The van der Waals surface area contributed by atoms with Gasteiger partial charge in [0.2, 0.25) is 0 Å². The number of fused-ring (bicyclic) bond motifs is 2. The minimum absolute atomic E-state index is 0.129. The van der Waals surface area contributed by atoms with E-state index < -0.39 is 0 Å². The van der Waals surface area contributed by atoms with Crippen molar-refractivity contribution < 1.29 is 9.84 Å². The van der Waals surface area contributed by atoms with Crippen LogP contribution in [0.2, 0.25) is 0 Å². The maximum Gasteiger partial charge on any atom is 0.0697 e. The molecule has 2 aliphatic rings. The van der Waals surface area contributed by atoms with Crippen molar-refractivity contribution in [2.45, 2.75) is 52.5 Å². The molecule has 3 atom stereocenters. The van der Waals surface area contributed by atoms with Crippen molar-refractivity contribution in [2.75, 3.05) is 26.4 Å². The molecular formula is C15H29NO2. The molecule has 2 bridgehead atoms. The van der Waals surface area contributed by atoms with E-state index in [1.54, 1.807) is 0 Å². The summed E-state index contributed by atoms with van der Waals surface area (Å²) < 4.78 is 5.29. The van der Waals surface area contributed by atoms with Crippen molar-refractivity contribution >= 4 is 0 Å². The third-order valence-corrected chi connectivity index (χ3v) is 5.89. The molecule has 3 nitrogen and oxygen atoms in total. The molecule has 0 heterocycles. The smallest absolute Gasteiger partial charge is 0.0697 e. The highest BCUT2D eigenvalue weighted by Gasteiger charge is 2.60. The summed E-state index contributed by atoms with van der Waals surface area (Å²) in [5.74, 6) is 0.908. The fourth-order valence-corrected chi connectivity index (χ4v) is 4.13. The van der Waals surface area contributed by atoms with E-state index in [1.165, 1.54) is 19.3 Å². The highest BCUT2D eigenvalue weighted by molar-refractivity contribution is 5.12. The third kappa shape index (κ3) is 2.33. The van der Waals surface area contributed by atoms with Crippen LogP contribution in [0.1, 0.15) is 46.5 Å². The van der Waals surface area contributed by atoms with E-state index >= 15 is 0 Å². The maximum atomic E-state index is 8.62. The van der Waals surface area contributed by atoms with E-state index in [9.17, 15) is 0 Å². The third-order valence-electron chi connectivity index (χ3n) is 5.89. The molecule has 0 saturated heterocycles. The van der Waals surface area contributed by atoms with Gasteiger partial charge in [0.1, 0.15) is 0 Å². The number of ether oxygens (including phenoxy) is 1. The quantitative estimate of drug-likeness (QED) is 0.685. The fourth-order valence-electron chi connectivity index (χ4n) is 4.13. The molecule has 0 aromatic heterocycles. The SMILES string of the molecule is CC1(C)C2CCC1(C)C(NCCCOCCO)C2. The normalized spacial score (nSPS) is 37.3. The number of nitrogens with one attached hydrogen (secondary N) is 1. The van der Waals surface area contributed by atoms with Crippen LogP contribution in [0.5, 0.6) is 0 Å². The first kappa shape index (κ1) is 14.3. The van der Waals surface area contributed by atoms with Crippen molar-refractivity contribution in [2.24, 2.45) is 16.7 Å². The first-order valence-corrected chi connectivity index (χ1v) is 7.44. The maximum absolute atomic E-state index is 8.62. The number of hydrogen-bond acceptors (Lipinski definition) is 3. The molecular weight excluding hydrogens is 226 g/mol. The fraction of sp³-hybridized carbons (Fsp3) is 1.00. The van der Waals surface area contributed by atoms with Crippen LogP contribution < -0.4 is 5.32 Å². The largest absolute Gasteiger partial charge is 0.394 e. The van der Waals surface area contributed by atoms with Gasteiger partial charge < -0.3 is 15.2 Å². The second kappa shape index (κ2) is 5.48. The zero-order valence-electron chi connectivity index (χ0n) is 12.2. The molecule has 3 unspecified atom stereocenters. The highest BCUT2D eigenvalue weighted by atomic mass is 16.5. The molecule has 2 rings (SSSR count). The lowest BCUT2D eigenvalue weighted by Crippen LogP contribution is -2.44.